The van der Waals surface area contributed by atoms with E-state index in [0.717, 1.165) is 25.3 Å². The smallest absolute Gasteiger partial charge is 0.124 e. The Morgan fingerprint density at radius 2 is 1.84 bits per heavy atom. The number of nitrogens with two attached hydrogens (primary N) is 1. The third kappa shape index (κ3) is 3.71. The van der Waals surface area contributed by atoms with Crippen molar-refractivity contribution in [1.82, 2.24) is 4.90 Å². The van der Waals surface area contributed by atoms with Gasteiger partial charge in [-0.1, -0.05) is 12.1 Å². The van der Waals surface area contributed by atoms with Gasteiger partial charge < -0.3 is 15.4 Å². The van der Waals surface area contributed by atoms with Crippen LogP contribution in [0.25, 0.3) is 0 Å². The molecule has 0 amide bonds. The lowest BCUT2D eigenvalue weighted by Gasteiger charge is -2.21. The number of hydrogen-bond acceptors (Lipinski definition) is 3. The van der Waals surface area contributed by atoms with Crippen molar-refractivity contribution in [3.63, 3.8) is 0 Å². The Morgan fingerprint density at radius 1 is 1.26 bits per heavy atom. The molecule has 2 N–H and O–H groups in total. The highest BCUT2D eigenvalue weighted by Gasteiger charge is 2.38. The summed E-state index contributed by atoms with van der Waals surface area (Å²) in [6, 6.07) is 4.46. The van der Waals surface area contributed by atoms with Gasteiger partial charge in [-0.15, -0.1) is 0 Å². The van der Waals surface area contributed by atoms with Crippen molar-refractivity contribution >= 4 is 0 Å². The minimum Gasteiger partial charge on any atom is -0.496 e. The lowest BCUT2D eigenvalue weighted by molar-refractivity contribution is 0.306. The van der Waals surface area contributed by atoms with Crippen molar-refractivity contribution in [3.05, 3.63) is 28.8 Å². The molecule has 0 aromatic heterocycles. The summed E-state index contributed by atoms with van der Waals surface area (Å²) in [5.41, 5.74) is 10.1. The van der Waals surface area contributed by atoms with Crippen molar-refractivity contribution in [2.75, 3.05) is 27.2 Å². The van der Waals surface area contributed by atoms with Gasteiger partial charge in [-0.25, -0.2) is 0 Å². The van der Waals surface area contributed by atoms with E-state index < -0.39 is 0 Å². The van der Waals surface area contributed by atoms with E-state index in [-0.39, 0.29) is 5.54 Å². The molecular formula is C16H26N2O. The van der Waals surface area contributed by atoms with Gasteiger partial charge in [0.05, 0.1) is 7.11 Å². The number of aryl methyl sites for hydroxylation is 2. The Labute approximate surface area is 116 Å². The first-order chi connectivity index (χ1) is 8.93. The van der Waals surface area contributed by atoms with E-state index >= 15 is 0 Å². The monoisotopic (exact) mass is 262 g/mol. The molecule has 1 aromatic rings. The molecule has 3 nitrogen and oxygen atoms in total. The highest BCUT2D eigenvalue weighted by Crippen LogP contribution is 2.32. The maximum atomic E-state index is 6.14. The van der Waals surface area contributed by atoms with E-state index in [9.17, 15) is 0 Å². The fourth-order valence-corrected chi connectivity index (χ4v) is 2.76. The molecule has 0 saturated heterocycles. The van der Waals surface area contributed by atoms with Crippen LogP contribution in [0.3, 0.4) is 0 Å². The van der Waals surface area contributed by atoms with Gasteiger partial charge in [-0.3, -0.25) is 0 Å². The van der Waals surface area contributed by atoms with E-state index in [0.29, 0.717) is 0 Å². The summed E-state index contributed by atoms with van der Waals surface area (Å²) in [5, 5.41) is 0. The zero-order valence-electron chi connectivity index (χ0n) is 12.6. The standard InChI is InChI=1S/C16H26N2O/c1-12-9-14(10-13(2)15(12)19-4)5-8-18(3)11-16(17)6-7-16/h9-10H,5-8,11,17H2,1-4H3. The van der Waals surface area contributed by atoms with Crippen LogP contribution in [-0.4, -0.2) is 37.7 Å². The Balaban J connectivity index is 1.92. The average molecular weight is 262 g/mol. The van der Waals surface area contributed by atoms with Gasteiger partial charge in [0.25, 0.3) is 0 Å². The molecule has 19 heavy (non-hydrogen) atoms. The molecule has 1 aliphatic carbocycles. The van der Waals surface area contributed by atoms with Crippen LogP contribution in [0.5, 0.6) is 5.75 Å². The lowest BCUT2D eigenvalue weighted by Crippen LogP contribution is -2.38. The number of rotatable bonds is 6. The topological polar surface area (TPSA) is 38.5 Å². The van der Waals surface area contributed by atoms with Crippen LogP contribution in [0.4, 0.5) is 0 Å². The van der Waals surface area contributed by atoms with Crippen LogP contribution in [0.15, 0.2) is 12.1 Å². The normalized spacial score (nSPS) is 16.7. The quantitative estimate of drug-likeness (QED) is 0.855. The van der Waals surface area contributed by atoms with Crippen molar-refractivity contribution in [3.8, 4) is 5.75 Å². The molecule has 2 rings (SSSR count). The maximum absolute atomic E-state index is 6.14. The summed E-state index contributed by atoms with van der Waals surface area (Å²) < 4.78 is 5.40. The van der Waals surface area contributed by atoms with Gasteiger partial charge in [-0.05, 0) is 56.8 Å². The molecule has 1 fully saturated rings. The minimum absolute atomic E-state index is 0.112. The Hall–Kier alpha value is -1.06. The van der Waals surface area contributed by atoms with E-state index in [1.54, 1.807) is 7.11 Å². The first-order valence-corrected chi connectivity index (χ1v) is 7.05. The molecule has 106 valence electrons. The minimum atomic E-state index is 0.112. The fourth-order valence-electron chi connectivity index (χ4n) is 2.76. The molecule has 3 heteroatoms. The average Bonchev–Trinajstić information content (AvgIpc) is 3.04. The molecule has 0 spiro atoms. The SMILES string of the molecule is COc1c(C)cc(CCN(C)CC2(N)CC2)cc1C. The molecule has 0 unspecified atom stereocenters. The van der Waals surface area contributed by atoms with Crippen LogP contribution < -0.4 is 10.5 Å². The molecular weight excluding hydrogens is 236 g/mol. The molecule has 0 bridgehead atoms. The molecule has 1 saturated carbocycles. The highest BCUT2D eigenvalue weighted by atomic mass is 16.5. The van der Waals surface area contributed by atoms with E-state index in [4.69, 9.17) is 10.5 Å². The molecule has 0 heterocycles. The molecule has 0 aliphatic heterocycles. The first kappa shape index (κ1) is 14.4. The lowest BCUT2D eigenvalue weighted by atomic mass is 10.0. The van der Waals surface area contributed by atoms with Gasteiger partial charge in [0.1, 0.15) is 5.75 Å². The predicted octanol–water partition coefficient (Wildman–Crippen LogP) is 2.28. The largest absolute Gasteiger partial charge is 0.496 e. The summed E-state index contributed by atoms with van der Waals surface area (Å²) in [6.45, 7) is 6.29. The Morgan fingerprint density at radius 3 is 2.32 bits per heavy atom. The number of benzene rings is 1. The number of nitrogens with zero attached hydrogens (tertiary/aromatic N) is 1. The highest BCUT2D eigenvalue weighted by molar-refractivity contribution is 5.43. The van der Waals surface area contributed by atoms with Crippen molar-refractivity contribution in [1.29, 1.82) is 0 Å². The van der Waals surface area contributed by atoms with Gasteiger partial charge >= 0.3 is 0 Å². The summed E-state index contributed by atoms with van der Waals surface area (Å²) in [6.07, 6.45) is 3.43. The second-order valence-corrected chi connectivity index (χ2v) is 6.11. The summed E-state index contributed by atoms with van der Waals surface area (Å²) in [7, 11) is 3.90. The van der Waals surface area contributed by atoms with Crippen LogP contribution >= 0.6 is 0 Å². The summed E-state index contributed by atoms with van der Waals surface area (Å²) >= 11 is 0. The zero-order valence-corrected chi connectivity index (χ0v) is 12.6. The van der Waals surface area contributed by atoms with Crippen LogP contribution in [-0.2, 0) is 6.42 Å². The van der Waals surface area contributed by atoms with Crippen LogP contribution in [0.2, 0.25) is 0 Å². The molecule has 0 atom stereocenters. The van der Waals surface area contributed by atoms with E-state index in [1.165, 1.54) is 29.5 Å². The van der Waals surface area contributed by atoms with Crippen molar-refractivity contribution < 1.29 is 4.74 Å². The third-order valence-corrected chi connectivity index (χ3v) is 3.98. The molecule has 0 radical (unpaired) electrons. The second-order valence-electron chi connectivity index (χ2n) is 6.11. The maximum Gasteiger partial charge on any atom is 0.124 e. The number of methoxy groups -OCH3 is 1. The summed E-state index contributed by atoms with van der Waals surface area (Å²) in [4.78, 5) is 2.35. The zero-order chi connectivity index (χ0) is 14.0. The predicted molar refractivity (Wildman–Crippen MR) is 79.8 cm³/mol. The summed E-state index contributed by atoms with van der Waals surface area (Å²) in [5.74, 6) is 1.01. The van der Waals surface area contributed by atoms with Gasteiger partial charge in [-0.2, -0.15) is 0 Å². The van der Waals surface area contributed by atoms with E-state index in [2.05, 4.69) is 37.9 Å². The molecule has 1 aromatic carbocycles. The van der Waals surface area contributed by atoms with Crippen molar-refractivity contribution in [2.24, 2.45) is 5.73 Å². The van der Waals surface area contributed by atoms with Crippen molar-refractivity contribution in [2.45, 2.75) is 38.6 Å². The van der Waals surface area contributed by atoms with Gasteiger partial charge in [0, 0.05) is 18.6 Å². The second kappa shape index (κ2) is 5.51. The van der Waals surface area contributed by atoms with E-state index in [1.807, 2.05) is 0 Å². The number of likely N-dealkylation sites (N-methyl/N-ethyl adjacent to an activating group) is 1. The first-order valence-electron chi connectivity index (χ1n) is 7.05. The van der Waals surface area contributed by atoms with Crippen LogP contribution in [0.1, 0.15) is 29.5 Å². The Kier molecular flexibility index (Phi) is 4.16. The fraction of sp³-hybridized carbons (Fsp3) is 0.625. The van der Waals surface area contributed by atoms with Gasteiger partial charge in [0.15, 0.2) is 0 Å². The van der Waals surface area contributed by atoms with Crippen LogP contribution in [0, 0.1) is 13.8 Å². The number of ether oxygens (including phenoxy) is 1. The van der Waals surface area contributed by atoms with Gasteiger partial charge in [0.2, 0.25) is 0 Å². The molecule has 1 aliphatic rings. The third-order valence-electron chi connectivity index (χ3n) is 3.98. The Bertz CT molecular complexity index is 429. The number of hydrogen-bond donors (Lipinski definition) is 1.